The molecule has 0 aliphatic carbocycles. The summed E-state index contributed by atoms with van der Waals surface area (Å²) in [5.41, 5.74) is 3.25. The number of carbonyl (C=O) groups excluding carboxylic acids is 4. The summed E-state index contributed by atoms with van der Waals surface area (Å²) in [6.45, 7) is 12.8. The number of carboxylic acids is 2. The summed E-state index contributed by atoms with van der Waals surface area (Å²) >= 11 is 0. The molecule has 67 heavy (non-hydrogen) atoms. The molecule has 0 unspecified atom stereocenters. The van der Waals surface area contributed by atoms with Gasteiger partial charge >= 0.3 is 103 Å². The second-order valence-corrected chi connectivity index (χ2v) is 19.3. The molecule has 0 fully saturated rings. The van der Waals surface area contributed by atoms with Crippen molar-refractivity contribution in [3.05, 3.63) is 173 Å². The quantitative estimate of drug-likeness (QED) is 0.0986. The average molecular weight is 926 g/mol. The number of fused-ring (bicyclic) bond motifs is 4. The molecule has 1 heterocycles. The van der Waals surface area contributed by atoms with Crippen molar-refractivity contribution in [2.45, 2.75) is 52.4 Å². The monoisotopic (exact) mass is 925 g/mol. The van der Waals surface area contributed by atoms with Gasteiger partial charge in [0, 0.05) is 33.0 Å². The maximum atomic E-state index is 14.3. The Balaban J connectivity index is 0.000000175. The summed E-state index contributed by atoms with van der Waals surface area (Å²) in [6.07, 6.45) is 0. The number of aromatic carboxylic acids is 2. The minimum absolute atomic E-state index is 0. The number of carboxylic acid groups (broad SMARTS) is 2. The molecule has 0 saturated heterocycles. The van der Waals surface area contributed by atoms with E-state index in [-0.39, 0.29) is 142 Å². The van der Waals surface area contributed by atoms with Crippen LogP contribution in [0.25, 0.3) is 86.2 Å². The van der Waals surface area contributed by atoms with Crippen molar-refractivity contribution < 1.29 is 132 Å². The Labute approximate surface area is 471 Å². The Morgan fingerprint density at radius 3 is 1.16 bits per heavy atom. The van der Waals surface area contributed by atoms with Crippen LogP contribution in [0.15, 0.2) is 140 Å². The third-order valence-corrected chi connectivity index (χ3v) is 13.5. The van der Waals surface area contributed by atoms with E-state index in [0.29, 0.717) is 22.2 Å². The van der Waals surface area contributed by atoms with Crippen LogP contribution in [0.2, 0.25) is 0 Å². The van der Waals surface area contributed by atoms with E-state index in [2.05, 4.69) is 102 Å². The molecule has 0 spiro atoms. The number of imide groups is 1. The fourth-order valence-corrected chi connectivity index (χ4v) is 10.5. The minimum atomic E-state index is -1.41. The molecule has 7 nitrogen and oxygen atoms in total. The second-order valence-electron chi connectivity index (χ2n) is 19.3. The van der Waals surface area contributed by atoms with E-state index in [9.17, 15) is 29.4 Å². The van der Waals surface area contributed by atoms with E-state index >= 15 is 0 Å². The third-order valence-electron chi connectivity index (χ3n) is 13.5. The van der Waals surface area contributed by atoms with Crippen LogP contribution < -0.4 is 118 Å². The molecule has 0 radical (unpaired) electrons. The molecule has 0 aromatic heterocycles. The van der Waals surface area contributed by atoms with Crippen LogP contribution >= 0.6 is 0 Å². The van der Waals surface area contributed by atoms with Gasteiger partial charge in [-0.05, 0) is 116 Å². The SMILES string of the molecule is CC(C)(C)c1ccc(C(C)(C)C)c(N2C(=O)c3ccc4c5cccc6cccc(c7ccc(c3c47)C2=O)c65)c1.O=C([O-])c1ccc2c3cccc4cccc(c5ccc(C(=O)[O-])c1c25)c43.[K+].[K+]. The second kappa shape index (κ2) is 17.1. The maximum Gasteiger partial charge on any atom is 1.00 e. The van der Waals surface area contributed by atoms with Gasteiger partial charge in [-0.1, -0.05) is 163 Å². The minimum Gasteiger partial charge on any atom is -0.545 e. The average Bonchev–Trinajstić information content (AvgIpc) is 3.28. The molecule has 0 bridgehead atoms. The molecule has 11 aromatic carbocycles. The first-order valence-electron chi connectivity index (χ1n) is 21.8. The summed E-state index contributed by atoms with van der Waals surface area (Å²) in [6, 6.07) is 45.1. The van der Waals surface area contributed by atoms with Crippen LogP contribution in [0, 0.1) is 0 Å². The maximum absolute atomic E-state index is 14.3. The Hall–Kier alpha value is -4.63. The van der Waals surface area contributed by atoms with E-state index in [4.69, 9.17) is 0 Å². The van der Waals surface area contributed by atoms with Crippen molar-refractivity contribution in [3.8, 4) is 0 Å². The molecule has 1 aliphatic heterocycles. The zero-order valence-electron chi connectivity index (χ0n) is 38.7. The molecular weight excluding hydrogens is 885 g/mol. The van der Waals surface area contributed by atoms with Crippen molar-refractivity contribution in [2.24, 2.45) is 0 Å². The van der Waals surface area contributed by atoms with Gasteiger partial charge in [0.15, 0.2) is 0 Å². The molecule has 2 amide bonds. The molecule has 11 aromatic rings. The van der Waals surface area contributed by atoms with Gasteiger partial charge in [0.1, 0.15) is 0 Å². The van der Waals surface area contributed by atoms with E-state index in [0.717, 1.165) is 75.8 Å². The number of carbonyl (C=O) groups is 4. The number of hydrogen-bond acceptors (Lipinski definition) is 6. The standard InChI is InChI=1S/C36H31NO2.C22H12O4.2K/c1-35(2,3)21-13-18-28(36(4,5)6)29(19-21)37-33(38)26-16-14-24-22-11-7-9-20-10-8-12-23(30(20)22)25-15-17-27(34(37)39)32(26)31(24)25;23-21(24)16-9-7-14-12-5-1-3-11-4-2-6-13(18(11)12)15-8-10-17(22(25)26)20(16)19(14)15;;/h7-19H,1-6H3;1-10H,(H,23,24)(H,25,26);;/q;;2*+1/p-2. The van der Waals surface area contributed by atoms with Crippen molar-refractivity contribution in [2.75, 3.05) is 4.90 Å². The van der Waals surface area contributed by atoms with E-state index in [1.807, 2.05) is 54.6 Å². The first kappa shape index (κ1) is 47.4. The number of benzene rings is 11. The Morgan fingerprint density at radius 2 is 0.791 bits per heavy atom. The van der Waals surface area contributed by atoms with Crippen molar-refractivity contribution >= 4 is 116 Å². The van der Waals surface area contributed by atoms with Crippen LogP contribution in [0.1, 0.15) is 94.1 Å². The van der Waals surface area contributed by atoms with Gasteiger partial charge in [0.25, 0.3) is 11.8 Å². The van der Waals surface area contributed by atoms with Crippen LogP contribution in [0.5, 0.6) is 0 Å². The number of amides is 2. The zero-order valence-corrected chi connectivity index (χ0v) is 44.9. The topological polar surface area (TPSA) is 118 Å². The largest absolute Gasteiger partial charge is 1.00 e. The van der Waals surface area contributed by atoms with Crippen LogP contribution in [0.4, 0.5) is 5.69 Å². The number of nitrogens with zero attached hydrogens (tertiary/aromatic N) is 1. The zero-order chi connectivity index (χ0) is 45.4. The molecule has 0 saturated carbocycles. The molecule has 9 heteroatoms. The van der Waals surface area contributed by atoms with Crippen LogP contribution in [-0.2, 0) is 10.8 Å². The van der Waals surface area contributed by atoms with Gasteiger partial charge in [-0.2, -0.15) is 0 Å². The summed E-state index contributed by atoms with van der Waals surface area (Å²) in [4.78, 5) is 53.3. The Morgan fingerprint density at radius 1 is 0.418 bits per heavy atom. The van der Waals surface area contributed by atoms with E-state index < -0.39 is 11.9 Å². The van der Waals surface area contributed by atoms with E-state index in [1.54, 1.807) is 12.1 Å². The van der Waals surface area contributed by atoms with Gasteiger partial charge in [0.2, 0.25) is 0 Å². The Kier molecular flexibility index (Phi) is 12.1. The van der Waals surface area contributed by atoms with Crippen LogP contribution in [-0.4, -0.2) is 23.8 Å². The van der Waals surface area contributed by atoms with Gasteiger partial charge in [0.05, 0.1) is 17.6 Å². The molecule has 0 N–H and O–H groups in total. The fraction of sp³-hybridized carbons (Fsp3) is 0.138. The normalized spacial score (nSPS) is 13.0. The predicted molar refractivity (Wildman–Crippen MR) is 259 cm³/mol. The van der Waals surface area contributed by atoms with Gasteiger partial charge in [-0.25, -0.2) is 4.90 Å². The molecule has 1 aliphatic rings. The van der Waals surface area contributed by atoms with Crippen molar-refractivity contribution in [3.63, 3.8) is 0 Å². The molecule has 316 valence electrons. The van der Waals surface area contributed by atoms with Gasteiger partial charge < -0.3 is 19.8 Å². The van der Waals surface area contributed by atoms with Gasteiger partial charge in [-0.15, -0.1) is 0 Å². The van der Waals surface area contributed by atoms with Gasteiger partial charge in [-0.3, -0.25) is 9.59 Å². The smallest absolute Gasteiger partial charge is 0.545 e. The Bertz CT molecular complexity index is 3720. The fourth-order valence-electron chi connectivity index (χ4n) is 10.5. The summed E-state index contributed by atoms with van der Waals surface area (Å²) in [5.74, 6) is -3.34. The van der Waals surface area contributed by atoms with Crippen LogP contribution in [0.3, 0.4) is 0 Å². The predicted octanol–water partition coefficient (Wildman–Crippen LogP) is 5.61. The van der Waals surface area contributed by atoms with Crippen molar-refractivity contribution in [1.29, 1.82) is 0 Å². The van der Waals surface area contributed by atoms with Crippen molar-refractivity contribution in [1.82, 2.24) is 0 Å². The summed E-state index contributed by atoms with van der Waals surface area (Å²) in [5, 5.41) is 38.3. The number of rotatable bonds is 3. The molecule has 12 rings (SSSR count). The van der Waals surface area contributed by atoms with E-state index in [1.165, 1.54) is 27.8 Å². The first-order chi connectivity index (χ1) is 31.0. The molecule has 0 atom stereocenters. The molecular formula is C58H41K2NO6. The number of hydrogen-bond donors (Lipinski definition) is 0. The summed E-state index contributed by atoms with van der Waals surface area (Å²) in [7, 11) is 0. The number of anilines is 1. The third kappa shape index (κ3) is 7.28. The summed E-state index contributed by atoms with van der Waals surface area (Å²) < 4.78 is 0. The first-order valence-corrected chi connectivity index (χ1v) is 21.8.